The number of hydrogen-bond acceptors (Lipinski definition) is 8. The molecule has 9 heteroatoms. The van der Waals surface area contributed by atoms with E-state index in [4.69, 9.17) is 19.2 Å². The number of aromatic nitrogens is 1. The molecule has 1 spiro atoms. The van der Waals surface area contributed by atoms with Crippen molar-refractivity contribution in [3.8, 4) is 5.75 Å². The van der Waals surface area contributed by atoms with Gasteiger partial charge in [0.25, 0.3) is 0 Å². The Morgan fingerprint density at radius 3 is 2.73 bits per heavy atom. The van der Waals surface area contributed by atoms with E-state index in [0.29, 0.717) is 18.6 Å². The molecule has 6 heterocycles. The van der Waals surface area contributed by atoms with Gasteiger partial charge in [0.05, 0.1) is 23.5 Å². The highest BCUT2D eigenvalue weighted by Gasteiger charge is 2.39. The molecule has 1 N–H and O–H groups in total. The van der Waals surface area contributed by atoms with Crippen molar-refractivity contribution in [2.45, 2.75) is 49.9 Å². The molecule has 9 nitrogen and oxygen atoms in total. The standard InChI is InChI=1S/C31H39N5O4/c1-2-29(37)36-18-24(19-36)34-11-6-22(7-12-34)23-3-4-28-26(17-23)33-30-25(20-39-28)27(5-10-32-30)35-13-16-40-31(21-35)8-14-38-15-9-31/h2-5,10,17,22,24H,1,6-9,11-16,18-21H2,(H,32,33). The molecule has 7 rings (SSSR count). The Labute approximate surface area is 236 Å². The molecule has 0 aliphatic carbocycles. The van der Waals surface area contributed by atoms with Gasteiger partial charge >= 0.3 is 0 Å². The van der Waals surface area contributed by atoms with Gasteiger partial charge in [-0.25, -0.2) is 4.98 Å². The van der Waals surface area contributed by atoms with Gasteiger partial charge in [0.1, 0.15) is 18.2 Å². The first-order valence-corrected chi connectivity index (χ1v) is 14.7. The third-order valence-electron chi connectivity index (χ3n) is 9.52. The molecule has 5 aliphatic heterocycles. The topological polar surface area (TPSA) is 79.4 Å². The van der Waals surface area contributed by atoms with Crippen molar-refractivity contribution in [1.29, 1.82) is 0 Å². The number of ether oxygens (including phenoxy) is 3. The van der Waals surface area contributed by atoms with Gasteiger partial charge in [0, 0.05) is 70.2 Å². The summed E-state index contributed by atoms with van der Waals surface area (Å²) in [7, 11) is 0. The minimum atomic E-state index is -0.125. The molecule has 1 amide bonds. The molecule has 5 aliphatic rings. The highest BCUT2D eigenvalue weighted by atomic mass is 16.5. The van der Waals surface area contributed by atoms with Gasteiger partial charge < -0.3 is 29.3 Å². The monoisotopic (exact) mass is 545 g/mol. The molecule has 212 valence electrons. The molecule has 2 aromatic rings. The predicted molar refractivity (Wildman–Crippen MR) is 153 cm³/mol. The minimum Gasteiger partial charge on any atom is -0.487 e. The van der Waals surface area contributed by atoms with Crippen LogP contribution in [0.15, 0.2) is 43.1 Å². The van der Waals surface area contributed by atoms with Crippen LogP contribution in [0.1, 0.15) is 42.7 Å². The van der Waals surface area contributed by atoms with E-state index < -0.39 is 0 Å². The number of rotatable bonds is 4. The quantitative estimate of drug-likeness (QED) is 0.583. The van der Waals surface area contributed by atoms with Crippen LogP contribution in [0.3, 0.4) is 0 Å². The van der Waals surface area contributed by atoms with Crippen LogP contribution >= 0.6 is 0 Å². The molecule has 1 aromatic heterocycles. The number of hydrogen-bond donors (Lipinski definition) is 1. The second-order valence-electron chi connectivity index (χ2n) is 11.8. The zero-order valence-corrected chi connectivity index (χ0v) is 23.1. The summed E-state index contributed by atoms with van der Waals surface area (Å²) in [6, 6.07) is 9.21. The maximum absolute atomic E-state index is 11.8. The summed E-state index contributed by atoms with van der Waals surface area (Å²) >= 11 is 0. The highest BCUT2D eigenvalue weighted by molar-refractivity contribution is 5.87. The zero-order chi connectivity index (χ0) is 27.1. The summed E-state index contributed by atoms with van der Waals surface area (Å²) in [4.78, 5) is 23.4. The maximum Gasteiger partial charge on any atom is 0.246 e. The highest BCUT2D eigenvalue weighted by Crippen LogP contribution is 2.41. The van der Waals surface area contributed by atoms with Crippen LogP contribution in [0.2, 0.25) is 0 Å². The fourth-order valence-electron chi connectivity index (χ4n) is 7.02. The van der Waals surface area contributed by atoms with E-state index >= 15 is 0 Å². The van der Waals surface area contributed by atoms with Gasteiger partial charge in [-0.2, -0.15) is 0 Å². The lowest BCUT2D eigenvalue weighted by Crippen LogP contribution is -2.61. The normalized spacial score (nSPS) is 23.3. The van der Waals surface area contributed by atoms with Gasteiger partial charge in [0.2, 0.25) is 5.91 Å². The number of carbonyl (C=O) groups is 1. The van der Waals surface area contributed by atoms with Gasteiger partial charge in [-0.1, -0.05) is 12.6 Å². The van der Waals surface area contributed by atoms with Crippen molar-refractivity contribution in [3.63, 3.8) is 0 Å². The van der Waals surface area contributed by atoms with Crippen LogP contribution in [-0.4, -0.2) is 91.4 Å². The predicted octanol–water partition coefficient (Wildman–Crippen LogP) is 3.68. The van der Waals surface area contributed by atoms with E-state index in [1.54, 1.807) is 0 Å². The molecular weight excluding hydrogens is 506 g/mol. The molecular formula is C31H39N5O4. The Kier molecular flexibility index (Phi) is 6.89. The SMILES string of the molecule is C=CC(=O)N1CC(N2CCC(c3ccc4c(c3)Nc3nccc(N5CCOC6(CCOCC6)C5)c3CO4)CC2)C1. The number of fused-ring (bicyclic) bond motifs is 2. The van der Waals surface area contributed by atoms with Crippen molar-refractivity contribution >= 4 is 23.1 Å². The Hall–Kier alpha value is -3.14. The van der Waals surface area contributed by atoms with Crippen LogP contribution in [0.25, 0.3) is 0 Å². The fourth-order valence-corrected chi connectivity index (χ4v) is 7.02. The second kappa shape index (κ2) is 10.7. The number of pyridine rings is 1. The van der Waals surface area contributed by atoms with Gasteiger partial charge in [-0.3, -0.25) is 9.69 Å². The number of carbonyl (C=O) groups excluding carboxylic acids is 1. The molecule has 0 saturated carbocycles. The Morgan fingerprint density at radius 1 is 1.10 bits per heavy atom. The molecule has 4 fully saturated rings. The average molecular weight is 546 g/mol. The van der Waals surface area contributed by atoms with Gasteiger partial charge in [0.15, 0.2) is 0 Å². The van der Waals surface area contributed by atoms with Crippen molar-refractivity contribution in [3.05, 3.63) is 54.2 Å². The largest absolute Gasteiger partial charge is 0.487 e. The minimum absolute atomic E-state index is 0.0437. The van der Waals surface area contributed by atoms with E-state index in [-0.39, 0.29) is 11.5 Å². The van der Waals surface area contributed by atoms with E-state index in [2.05, 4.69) is 46.0 Å². The van der Waals surface area contributed by atoms with Crippen LogP contribution in [0, 0.1) is 0 Å². The lowest BCUT2D eigenvalue weighted by Gasteiger charge is -2.47. The van der Waals surface area contributed by atoms with E-state index in [1.807, 2.05) is 11.1 Å². The smallest absolute Gasteiger partial charge is 0.246 e. The summed E-state index contributed by atoms with van der Waals surface area (Å²) in [5.74, 6) is 2.30. The first kappa shape index (κ1) is 25.8. The Bertz CT molecular complexity index is 1260. The number of amides is 1. The third kappa shape index (κ3) is 4.84. The molecule has 0 unspecified atom stereocenters. The molecule has 0 bridgehead atoms. The summed E-state index contributed by atoms with van der Waals surface area (Å²) < 4.78 is 18.3. The third-order valence-corrected chi connectivity index (χ3v) is 9.52. The lowest BCUT2D eigenvalue weighted by atomic mass is 9.88. The number of piperidine rings is 1. The first-order valence-electron chi connectivity index (χ1n) is 14.7. The molecule has 40 heavy (non-hydrogen) atoms. The van der Waals surface area contributed by atoms with Gasteiger partial charge in [-0.15, -0.1) is 0 Å². The van der Waals surface area contributed by atoms with Crippen molar-refractivity contribution in [2.24, 2.45) is 0 Å². The Balaban J connectivity index is 1.03. The van der Waals surface area contributed by atoms with E-state index in [9.17, 15) is 4.79 Å². The second-order valence-corrected chi connectivity index (χ2v) is 11.8. The van der Waals surface area contributed by atoms with Crippen molar-refractivity contribution in [1.82, 2.24) is 14.8 Å². The summed E-state index contributed by atoms with van der Waals surface area (Å²) in [5, 5.41) is 3.63. The molecule has 0 radical (unpaired) electrons. The van der Waals surface area contributed by atoms with Gasteiger partial charge in [-0.05, 0) is 61.7 Å². The van der Waals surface area contributed by atoms with Crippen LogP contribution in [-0.2, 0) is 20.9 Å². The molecule has 0 atom stereocenters. The van der Waals surface area contributed by atoms with Crippen molar-refractivity contribution in [2.75, 3.05) is 69.3 Å². The fraction of sp³-hybridized carbons (Fsp3) is 0.548. The lowest BCUT2D eigenvalue weighted by molar-refractivity contribution is -0.133. The number of likely N-dealkylation sites (tertiary alicyclic amines) is 2. The van der Waals surface area contributed by atoms with Crippen LogP contribution < -0.4 is 15.0 Å². The summed E-state index contributed by atoms with van der Waals surface area (Å²) in [5.41, 5.74) is 4.49. The first-order chi connectivity index (χ1) is 19.6. The average Bonchev–Trinajstić information content (AvgIpc) is 3.16. The number of morpholine rings is 1. The summed E-state index contributed by atoms with van der Waals surface area (Å²) in [6.07, 6.45) is 7.43. The zero-order valence-electron chi connectivity index (χ0n) is 23.1. The van der Waals surface area contributed by atoms with Crippen LogP contribution in [0.4, 0.5) is 17.2 Å². The summed E-state index contributed by atoms with van der Waals surface area (Å²) in [6.45, 7) is 11.8. The molecule has 1 aromatic carbocycles. The van der Waals surface area contributed by atoms with E-state index in [1.165, 1.54) is 17.3 Å². The number of anilines is 3. The van der Waals surface area contributed by atoms with Crippen molar-refractivity contribution < 1.29 is 19.0 Å². The van der Waals surface area contributed by atoms with E-state index in [0.717, 1.165) is 108 Å². The number of nitrogens with zero attached hydrogens (tertiary/aromatic N) is 4. The number of nitrogens with one attached hydrogen (secondary N) is 1. The maximum atomic E-state index is 11.8. The molecule has 4 saturated heterocycles. The van der Waals surface area contributed by atoms with Crippen LogP contribution in [0.5, 0.6) is 5.75 Å². The Morgan fingerprint density at radius 2 is 1.93 bits per heavy atom. The number of benzene rings is 1.